The van der Waals surface area contributed by atoms with Gasteiger partial charge in [-0.25, -0.2) is 0 Å². The van der Waals surface area contributed by atoms with Crippen molar-refractivity contribution in [2.75, 3.05) is 6.61 Å². The predicted molar refractivity (Wildman–Crippen MR) is 98.0 cm³/mol. The Kier molecular flexibility index (Phi) is 5.73. The zero-order chi connectivity index (χ0) is 18.6. The zero-order valence-electron chi connectivity index (χ0n) is 15.3. The van der Waals surface area contributed by atoms with E-state index in [9.17, 15) is 15.0 Å². The number of benzene rings is 2. The van der Waals surface area contributed by atoms with Crippen molar-refractivity contribution < 1.29 is 19.7 Å². The Morgan fingerprint density at radius 2 is 1.76 bits per heavy atom. The molecule has 0 saturated carbocycles. The van der Waals surface area contributed by atoms with E-state index < -0.39 is 5.41 Å². The average molecular weight is 342 g/mol. The number of aryl methyl sites for hydroxylation is 1. The van der Waals surface area contributed by atoms with Crippen LogP contribution in [0.2, 0.25) is 0 Å². The number of phenolic OH excluding ortho intramolecular Hbond substituents is 2. The van der Waals surface area contributed by atoms with Gasteiger partial charge >= 0.3 is 5.97 Å². The van der Waals surface area contributed by atoms with Crippen molar-refractivity contribution in [3.05, 3.63) is 58.7 Å². The van der Waals surface area contributed by atoms with E-state index in [1.807, 2.05) is 44.2 Å². The number of aromatic hydroxyl groups is 2. The third-order valence-corrected chi connectivity index (χ3v) is 4.57. The summed E-state index contributed by atoms with van der Waals surface area (Å²) in [5.41, 5.74) is 2.48. The summed E-state index contributed by atoms with van der Waals surface area (Å²) in [6.45, 7) is 7.74. The Balaban J connectivity index is 2.00. The summed E-state index contributed by atoms with van der Waals surface area (Å²) in [4.78, 5) is 12.0. The van der Waals surface area contributed by atoms with Gasteiger partial charge in [0.25, 0.3) is 0 Å². The zero-order valence-corrected chi connectivity index (χ0v) is 15.3. The van der Waals surface area contributed by atoms with E-state index in [2.05, 4.69) is 0 Å². The summed E-state index contributed by atoms with van der Waals surface area (Å²) in [5.74, 6) is 0.0880. The fourth-order valence-corrected chi connectivity index (χ4v) is 3.16. The van der Waals surface area contributed by atoms with E-state index >= 15 is 0 Å². The maximum Gasteiger partial charge on any atom is 0.310 e. The van der Waals surface area contributed by atoms with Gasteiger partial charge in [-0.3, -0.25) is 4.79 Å². The number of carbonyl (C=O) groups is 1. The second kappa shape index (κ2) is 7.60. The van der Waals surface area contributed by atoms with Crippen molar-refractivity contribution in [1.29, 1.82) is 0 Å². The van der Waals surface area contributed by atoms with Gasteiger partial charge < -0.3 is 14.9 Å². The van der Waals surface area contributed by atoms with Crippen molar-refractivity contribution in [3.8, 4) is 11.5 Å². The summed E-state index contributed by atoms with van der Waals surface area (Å²) in [7, 11) is 0. The minimum Gasteiger partial charge on any atom is -0.508 e. The van der Waals surface area contributed by atoms with Crippen molar-refractivity contribution in [1.82, 2.24) is 0 Å². The SMILES string of the molecule is Cc1cc(O)c(C(C)(C)CCOC(=O)Cc2ccccc2)c(C)c1O. The molecule has 2 aromatic carbocycles. The predicted octanol–water partition coefficient (Wildman–Crippen LogP) is 4.17. The maximum absolute atomic E-state index is 12.0. The van der Waals surface area contributed by atoms with Crippen molar-refractivity contribution in [2.45, 2.75) is 46.0 Å². The summed E-state index contributed by atoms with van der Waals surface area (Å²) in [6, 6.07) is 11.0. The molecule has 134 valence electrons. The Hall–Kier alpha value is -2.49. The molecule has 0 aliphatic heterocycles. The van der Waals surface area contributed by atoms with Crippen LogP contribution in [0.3, 0.4) is 0 Å². The Bertz CT molecular complexity index is 748. The molecule has 0 radical (unpaired) electrons. The van der Waals surface area contributed by atoms with Gasteiger partial charge in [-0.05, 0) is 48.4 Å². The van der Waals surface area contributed by atoms with Gasteiger partial charge in [-0.2, -0.15) is 0 Å². The maximum atomic E-state index is 12.0. The second-order valence-electron chi connectivity index (χ2n) is 7.08. The first-order chi connectivity index (χ1) is 11.7. The summed E-state index contributed by atoms with van der Waals surface area (Å²) in [5, 5.41) is 20.5. The second-order valence-corrected chi connectivity index (χ2v) is 7.08. The highest BCUT2D eigenvalue weighted by molar-refractivity contribution is 5.72. The largest absolute Gasteiger partial charge is 0.508 e. The van der Waals surface area contributed by atoms with Gasteiger partial charge in [0, 0.05) is 5.56 Å². The molecular weight excluding hydrogens is 316 g/mol. The molecule has 0 fully saturated rings. The van der Waals surface area contributed by atoms with Crippen LogP contribution < -0.4 is 0 Å². The quantitative estimate of drug-likeness (QED) is 0.611. The van der Waals surface area contributed by atoms with E-state index in [4.69, 9.17) is 4.74 Å². The first kappa shape index (κ1) is 18.8. The molecule has 0 aliphatic rings. The summed E-state index contributed by atoms with van der Waals surface area (Å²) >= 11 is 0. The van der Waals surface area contributed by atoms with Crippen molar-refractivity contribution in [3.63, 3.8) is 0 Å². The van der Waals surface area contributed by atoms with E-state index in [0.717, 1.165) is 5.56 Å². The molecule has 0 heterocycles. The molecular formula is C21H26O4. The first-order valence-electron chi connectivity index (χ1n) is 8.44. The molecule has 0 aromatic heterocycles. The molecule has 2 rings (SSSR count). The van der Waals surface area contributed by atoms with Crippen LogP contribution in [0.15, 0.2) is 36.4 Å². The van der Waals surface area contributed by atoms with Crippen molar-refractivity contribution in [2.24, 2.45) is 0 Å². The number of esters is 1. The number of hydrogen-bond acceptors (Lipinski definition) is 4. The molecule has 0 unspecified atom stereocenters. The Morgan fingerprint density at radius 1 is 1.12 bits per heavy atom. The first-order valence-corrected chi connectivity index (χ1v) is 8.44. The fourth-order valence-electron chi connectivity index (χ4n) is 3.16. The third-order valence-electron chi connectivity index (χ3n) is 4.57. The number of ether oxygens (including phenoxy) is 1. The van der Waals surface area contributed by atoms with Crippen LogP contribution in [0.5, 0.6) is 11.5 Å². The average Bonchev–Trinajstić information content (AvgIpc) is 2.53. The molecule has 0 saturated heterocycles. The van der Waals surface area contributed by atoms with Crippen LogP contribution >= 0.6 is 0 Å². The highest BCUT2D eigenvalue weighted by atomic mass is 16.5. The highest BCUT2D eigenvalue weighted by Crippen LogP contribution is 2.41. The Labute approximate surface area is 149 Å². The summed E-state index contributed by atoms with van der Waals surface area (Å²) < 4.78 is 5.35. The molecule has 25 heavy (non-hydrogen) atoms. The van der Waals surface area contributed by atoms with Gasteiger partial charge in [0.05, 0.1) is 13.0 Å². The molecule has 0 atom stereocenters. The lowest BCUT2D eigenvalue weighted by atomic mass is 9.78. The molecule has 4 heteroatoms. The number of carbonyl (C=O) groups excluding carboxylic acids is 1. The smallest absolute Gasteiger partial charge is 0.310 e. The van der Waals surface area contributed by atoms with E-state index in [1.165, 1.54) is 0 Å². The fraction of sp³-hybridized carbons (Fsp3) is 0.381. The molecule has 0 aliphatic carbocycles. The van der Waals surface area contributed by atoms with Crippen LogP contribution in [0, 0.1) is 13.8 Å². The lowest BCUT2D eigenvalue weighted by molar-refractivity contribution is -0.143. The van der Waals surface area contributed by atoms with Crippen LogP contribution in [0.4, 0.5) is 0 Å². The number of hydrogen-bond donors (Lipinski definition) is 2. The van der Waals surface area contributed by atoms with Gasteiger partial charge in [-0.15, -0.1) is 0 Å². The standard InChI is InChI=1S/C21H26O4/c1-14-12-17(22)19(15(2)20(14)24)21(3,4)10-11-25-18(23)13-16-8-6-5-7-9-16/h5-9,12,22,24H,10-11,13H2,1-4H3. The molecule has 2 N–H and O–H groups in total. The molecule has 2 aromatic rings. The third kappa shape index (κ3) is 4.53. The number of phenols is 2. The van der Waals surface area contributed by atoms with Crippen LogP contribution in [-0.2, 0) is 21.4 Å². The van der Waals surface area contributed by atoms with Crippen LogP contribution in [0.25, 0.3) is 0 Å². The minimum absolute atomic E-state index is 0.161. The van der Waals surface area contributed by atoms with E-state index in [-0.39, 0.29) is 30.5 Å². The topological polar surface area (TPSA) is 66.8 Å². The highest BCUT2D eigenvalue weighted by Gasteiger charge is 2.28. The molecule has 0 bridgehead atoms. The molecule has 0 amide bonds. The monoisotopic (exact) mass is 342 g/mol. The van der Waals surface area contributed by atoms with E-state index in [1.54, 1.807) is 19.9 Å². The Morgan fingerprint density at radius 3 is 2.40 bits per heavy atom. The van der Waals surface area contributed by atoms with Gasteiger partial charge in [-0.1, -0.05) is 44.2 Å². The lowest BCUT2D eigenvalue weighted by Gasteiger charge is -2.28. The normalized spacial score (nSPS) is 11.4. The van der Waals surface area contributed by atoms with Gasteiger partial charge in [0.15, 0.2) is 0 Å². The minimum atomic E-state index is -0.438. The lowest BCUT2D eigenvalue weighted by Crippen LogP contribution is -2.23. The summed E-state index contributed by atoms with van der Waals surface area (Å²) in [6.07, 6.45) is 0.793. The van der Waals surface area contributed by atoms with E-state index in [0.29, 0.717) is 23.1 Å². The molecule has 4 nitrogen and oxygen atoms in total. The number of rotatable bonds is 6. The van der Waals surface area contributed by atoms with Crippen molar-refractivity contribution >= 4 is 5.97 Å². The molecule has 0 spiro atoms. The van der Waals surface area contributed by atoms with Gasteiger partial charge in [0.1, 0.15) is 11.5 Å². The van der Waals surface area contributed by atoms with Gasteiger partial charge in [0.2, 0.25) is 0 Å². The van der Waals surface area contributed by atoms with Crippen LogP contribution in [-0.4, -0.2) is 22.8 Å². The van der Waals surface area contributed by atoms with Crippen LogP contribution in [0.1, 0.15) is 42.5 Å².